The van der Waals surface area contributed by atoms with Crippen LogP contribution >= 0.6 is 43.2 Å². The summed E-state index contributed by atoms with van der Waals surface area (Å²) in [6, 6.07) is 9.68. The maximum absolute atomic E-state index is 12.3. The second kappa shape index (κ2) is 6.68. The molecule has 1 heterocycles. The largest absolute Gasteiger partial charge is 0.344 e. The predicted molar refractivity (Wildman–Crippen MR) is 86.7 cm³/mol. The summed E-state index contributed by atoms with van der Waals surface area (Å²) in [4.78, 5) is 13.5. The molecule has 0 radical (unpaired) electrons. The van der Waals surface area contributed by atoms with Gasteiger partial charge in [0, 0.05) is 13.8 Å². The van der Waals surface area contributed by atoms with E-state index in [2.05, 4.69) is 50.2 Å². The van der Waals surface area contributed by atoms with Crippen LogP contribution in [-0.2, 0) is 0 Å². The van der Waals surface area contributed by atoms with Gasteiger partial charge in [-0.3, -0.25) is 4.79 Å². The van der Waals surface area contributed by atoms with E-state index in [9.17, 15) is 4.79 Å². The SMILES string of the molecule is CCC(NC(=O)c1ccc(Br)cc1Br)c1cccs1. The van der Waals surface area contributed by atoms with Crippen LogP contribution in [0.5, 0.6) is 0 Å². The summed E-state index contributed by atoms with van der Waals surface area (Å²) in [5.41, 5.74) is 0.651. The lowest BCUT2D eigenvalue weighted by atomic mass is 10.1. The van der Waals surface area contributed by atoms with E-state index in [0.717, 1.165) is 15.4 Å². The van der Waals surface area contributed by atoms with E-state index in [1.54, 1.807) is 11.3 Å². The summed E-state index contributed by atoms with van der Waals surface area (Å²) >= 11 is 8.47. The van der Waals surface area contributed by atoms with Gasteiger partial charge in [0.05, 0.1) is 11.6 Å². The normalized spacial score (nSPS) is 12.2. The number of hydrogen-bond donors (Lipinski definition) is 1. The van der Waals surface area contributed by atoms with E-state index < -0.39 is 0 Å². The molecule has 1 aromatic heterocycles. The number of carbonyl (C=O) groups excluding carboxylic acids is 1. The van der Waals surface area contributed by atoms with Crippen molar-refractivity contribution in [3.8, 4) is 0 Å². The molecule has 1 N–H and O–H groups in total. The van der Waals surface area contributed by atoms with Crippen molar-refractivity contribution in [2.45, 2.75) is 19.4 Å². The first kappa shape index (κ1) is 14.8. The summed E-state index contributed by atoms with van der Waals surface area (Å²) in [5, 5.41) is 5.10. The van der Waals surface area contributed by atoms with Gasteiger partial charge in [-0.15, -0.1) is 11.3 Å². The van der Waals surface area contributed by atoms with Crippen molar-refractivity contribution >= 4 is 49.1 Å². The molecule has 2 nitrogen and oxygen atoms in total. The lowest BCUT2D eigenvalue weighted by molar-refractivity contribution is 0.0935. The Morgan fingerprint density at radius 1 is 1.37 bits per heavy atom. The number of carbonyl (C=O) groups is 1. The molecule has 0 aliphatic carbocycles. The Hall–Kier alpha value is -0.650. The van der Waals surface area contributed by atoms with Crippen molar-refractivity contribution in [3.05, 3.63) is 55.1 Å². The van der Waals surface area contributed by atoms with Crippen LogP contribution in [0, 0.1) is 0 Å². The van der Waals surface area contributed by atoms with E-state index in [0.29, 0.717) is 5.56 Å². The highest BCUT2D eigenvalue weighted by molar-refractivity contribution is 9.11. The standard InChI is InChI=1S/C14H13Br2NOS/c1-2-12(13-4-3-7-19-13)17-14(18)10-6-5-9(15)8-11(10)16/h3-8,12H,2H2,1H3,(H,17,18). The van der Waals surface area contributed by atoms with Crippen molar-refractivity contribution in [3.63, 3.8) is 0 Å². The van der Waals surface area contributed by atoms with Crippen molar-refractivity contribution in [1.82, 2.24) is 5.32 Å². The average Bonchev–Trinajstić information content (AvgIpc) is 2.89. The molecule has 5 heteroatoms. The molecule has 0 saturated heterocycles. The summed E-state index contributed by atoms with van der Waals surface area (Å²) in [5.74, 6) is -0.0559. The first-order valence-corrected chi connectivity index (χ1v) is 8.37. The van der Waals surface area contributed by atoms with Crippen molar-refractivity contribution in [2.75, 3.05) is 0 Å². The van der Waals surface area contributed by atoms with Gasteiger partial charge in [0.1, 0.15) is 0 Å². The predicted octanol–water partition coefficient (Wildman–Crippen LogP) is 5.15. The third-order valence-corrected chi connectivity index (χ3v) is 4.91. The first-order valence-electron chi connectivity index (χ1n) is 5.91. The Morgan fingerprint density at radius 3 is 2.74 bits per heavy atom. The number of nitrogens with one attached hydrogen (secondary N) is 1. The van der Waals surface area contributed by atoms with Gasteiger partial charge in [-0.25, -0.2) is 0 Å². The monoisotopic (exact) mass is 401 g/mol. The van der Waals surface area contributed by atoms with Crippen LogP contribution in [0.25, 0.3) is 0 Å². The van der Waals surface area contributed by atoms with Gasteiger partial charge in [0.2, 0.25) is 0 Å². The molecule has 1 unspecified atom stereocenters. The number of rotatable bonds is 4. The molecule has 2 aromatic rings. The van der Waals surface area contributed by atoms with E-state index >= 15 is 0 Å². The summed E-state index contributed by atoms with van der Waals surface area (Å²) in [6.07, 6.45) is 0.875. The van der Waals surface area contributed by atoms with Gasteiger partial charge in [-0.1, -0.05) is 28.9 Å². The number of amides is 1. The maximum Gasteiger partial charge on any atom is 0.252 e. The molecule has 0 bridgehead atoms. The number of hydrogen-bond acceptors (Lipinski definition) is 2. The molecular weight excluding hydrogens is 390 g/mol. The maximum atomic E-state index is 12.3. The van der Waals surface area contributed by atoms with Crippen LogP contribution < -0.4 is 5.32 Å². The lowest BCUT2D eigenvalue weighted by Gasteiger charge is -2.16. The third-order valence-electron chi connectivity index (χ3n) is 2.78. The zero-order valence-electron chi connectivity index (χ0n) is 10.3. The third kappa shape index (κ3) is 3.68. The summed E-state index contributed by atoms with van der Waals surface area (Å²) < 4.78 is 1.74. The van der Waals surface area contributed by atoms with Crippen molar-refractivity contribution in [2.24, 2.45) is 0 Å². The highest BCUT2D eigenvalue weighted by Gasteiger charge is 2.16. The minimum Gasteiger partial charge on any atom is -0.344 e. The van der Waals surface area contributed by atoms with Gasteiger partial charge in [0.25, 0.3) is 5.91 Å². The summed E-state index contributed by atoms with van der Waals surface area (Å²) in [7, 11) is 0. The molecule has 2 rings (SSSR count). The Labute approximate surface area is 133 Å². The van der Waals surface area contributed by atoms with E-state index in [-0.39, 0.29) is 11.9 Å². The van der Waals surface area contributed by atoms with Gasteiger partial charge < -0.3 is 5.32 Å². The number of halogens is 2. The molecule has 0 fully saturated rings. The second-order valence-electron chi connectivity index (χ2n) is 4.07. The molecule has 0 aliphatic heterocycles. The quantitative estimate of drug-likeness (QED) is 0.752. The molecular formula is C14H13Br2NOS. The fourth-order valence-electron chi connectivity index (χ4n) is 1.77. The molecule has 0 aliphatic rings. The fourth-order valence-corrected chi connectivity index (χ4v) is 3.86. The van der Waals surface area contributed by atoms with Crippen LogP contribution in [0.15, 0.2) is 44.7 Å². The highest BCUT2D eigenvalue weighted by Crippen LogP contribution is 2.25. The van der Waals surface area contributed by atoms with E-state index in [4.69, 9.17) is 0 Å². The number of thiophene rings is 1. The Balaban J connectivity index is 2.16. The molecule has 1 aromatic carbocycles. The Bertz CT molecular complexity index is 569. The molecule has 0 saturated carbocycles. The highest BCUT2D eigenvalue weighted by atomic mass is 79.9. The fraction of sp³-hybridized carbons (Fsp3) is 0.214. The average molecular weight is 403 g/mol. The van der Waals surface area contributed by atoms with Gasteiger partial charge in [0.15, 0.2) is 0 Å². The zero-order chi connectivity index (χ0) is 13.8. The van der Waals surface area contributed by atoms with Gasteiger partial charge >= 0.3 is 0 Å². The minimum absolute atomic E-state index is 0.0559. The van der Waals surface area contributed by atoms with E-state index in [1.165, 1.54) is 4.88 Å². The zero-order valence-corrected chi connectivity index (χ0v) is 14.3. The van der Waals surface area contributed by atoms with Crippen LogP contribution in [0.1, 0.15) is 34.6 Å². The van der Waals surface area contributed by atoms with Gasteiger partial charge in [-0.05, 0) is 52.0 Å². The number of benzene rings is 1. The molecule has 19 heavy (non-hydrogen) atoms. The molecule has 1 atom stereocenters. The van der Waals surface area contributed by atoms with Crippen LogP contribution in [0.4, 0.5) is 0 Å². The van der Waals surface area contributed by atoms with Gasteiger partial charge in [-0.2, -0.15) is 0 Å². The lowest BCUT2D eigenvalue weighted by Crippen LogP contribution is -2.27. The van der Waals surface area contributed by atoms with Crippen LogP contribution in [0.2, 0.25) is 0 Å². The van der Waals surface area contributed by atoms with Crippen molar-refractivity contribution < 1.29 is 4.79 Å². The van der Waals surface area contributed by atoms with Crippen molar-refractivity contribution in [1.29, 1.82) is 0 Å². The van der Waals surface area contributed by atoms with Crippen LogP contribution in [0.3, 0.4) is 0 Å². The Morgan fingerprint density at radius 2 is 2.16 bits per heavy atom. The minimum atomic E-state index is -0.0559. The van der Waals surface area contributed by atoms with E-state index in [1.807, 2.05) is 29.6 Å². The molecule has 100 valence electrons. The Kier molecular flexibility index (Phi) is 5.19. The van der Waals surface area contributed by atoms with Crippen LogP contribution in [-0.4, -0.2) is 5.91 Å². The summed E-state index contributed by atoms with van der Waals surface area (Å²) in [6.45, 7) is 2.07. The first-order chi connectivity index (χ1) is 9.11. The topological polar surface area (TPSA) is 29.1 Å². The smallest absolute Gasteiger partial charge is 0.252 e. The second-order valence-corrected chi connectivity index (χ2v) is 6.82. The molecule has 0 spiro atoms. The molecule has 1 amide bonds.